The summed E-state index contributed by atoms with van der Waals surface area (Å²) in [4.78, 5) is 12.8. The average Bonchev–Trinajstić information content (AvgIpc) is 2.58. The van der Waals surface area contributed by atoms with Crippen LogP contribution in [-0.4, -0.2) is 23.1 Å². The molecule has 4 heteroatoms. The second-order valence-electron chi connectivity index (χ2n) is 7.10. The zero-order valence-electron chi connectivity index (χ0n) is 14.4. The Labute approximate surface area is 147 Å². The number of benzene rings is 2. The van der Waals surface area contributed by atoms with E-state index in [1.807, 2.05) is 44.2 Å². The molecule has 1 saturated carbocycles. The van der Waals surface area contributed by atoms with Gasteiger partial charge in [-0.1, -0.05) is 30.3 Å². The maximum Gasteiger partial charge on any atom is 0.169 e. The molecule has 4 rings (SSSR count). The summed E-state index contributed by atoms with van der Waals surface area (Å²) in [7, 11) is 0. The lowest BCUT2D eigenvalue weighted by atomic mass is 9.65. The highest BCUT2D eigenvalue weighted by Crippen LogP contribution is 2.53. The average molecular weight is 338 g/mol. The van der Waals surface area contributed by atoms with Crippen LogP contribution in [0.25, 0.3) is 0 Å². The van der Waals surface area contributed by atoms with Crippen LogP contribution in [0.2, 0.25) is 0 Å². The number of ketones is 1. The van der Waals surface area contributed by atoms with Gasteiger partial charge in [0.15, 0.2) is 11.4 Å². The number of fused-ring (bicyclic) bond motifs is 4. The Hall–Kier alpha value is -2.33. The van der Waals surface area contributed by atoms with Gasteiger partial charge in [-0.2, -0.15) is 0 Å². The summed E-state index contributed by atoms with van der Waals surface area (Å²) in [6, 6.07) is 15.0. The van der Waals surface area contributed by atoms with E-state index in [9.17, 15) is 9.90 Å². The molecule has 1 aliphatic heterocycles. The van der Waals surface area contributed by atoms with Crippen molar-refractivity contribution < 1.29 is 19.4 Å². The van der Waals surface area contributed by atoms with E-state index in [0.29, 0.717) is 29.9 Å². The Kier molecular flexibility index (Phi) is 3.80. The van der Waals surface area contributed by atoms with Crippen LogP contribution < -0.4 is 9.47 Å². The van der Waals surface area contributed by atoms with Crippen LogP contribution in [0, 0.1) is 0 Å². The lowest BCUT2D eigenvalue weighted by Crippen LogP contribution is -2.54. The molecule has 1 aliphatic carbocycles. The minimum absolute atomic E-state index is 0.0444. The number of carbonyl (C=O) groups excluding carboxylic acids is 1. The van der Waals surface area contributed by atoms with Gasteiger partial charge in [0.25, 0.3) is 0 Å². The quantitative estimate of drug-likeness (QED) is 0.929. The highest BCUT2D eigenvalue weighted by atomic mass is 16.5. The third kappa shape index (κ3) is 2.52. The predicted octanol–water partition coefficient (Wildman–Crippen LogP) is 3.57. The normalized spacial score (nSPS) is 27.6. The van der Waals surface area contributed by atoms with Crippen molar-refractivity contribution in [1.82, 2.24) is 0 Å². The highest BCUT2D eigenvalue weighted by Gasteiger charge is 2.57. The van der Waals surface area contributed by atoms with Crippen molar-refractivity contribution in [2.24, 2.45) is 0 Å². The first-order valence-corrected chi connectivity index (χ1v) is 8.78. The fourth-order valence-corrected chi connectivity index (χ4v) is 4.06. The lowest BCUT2D eigenvalue weighted by Gasteiger charge is -2.48. The minimum Gasteiger partial charge on any atom is -0.491 e. The SMILES string of the molecule is CC(C)Oc1ccc2c(c1)O[C@@H]1CCC(=O)[C@@]2(O)[C@H]1c1ccccc1. The molecule has 0 unspecified atom stereocenters. The molecular formula is C21H22O4. The van der Waals surface area contributed by atoms with Gasteiger partial charge in [0.05, 0.1) is 12.0 Å². The van der Waals surface area contributed by atoms with Gasteiger partial charge in [-0.15, -0.1) is 0 Å². The van der Waals surface area contributed by atoms with Crippen LogP contribution in [0.15, 0.2) is 48.5 Å². The molecule has 2 aromatic carbocycles. The van der Waals surface area contributed by atoms with Gasteiger partial charge >= 0.3 is 0 Å². The third-order valence-corrected chi connectivity index (χ3v) is 5.08. The molecule has 3 atom stereocenters. The molecule has 130 valence electrons. The van der Waals surface area contributed by atoms with Crippen molar-refractivity contribution >= 4 is 5.78 Å². The Morgan fingerprint density at radius 3 is 2.68 bits per heavy atom. The summed E-state index contributed by atoms with van der Waals surface area (Å²) in [6.07, 6.45) is 0.749. The molecule has 1 fully saturated rings. The standard InChI is InChI=1S/C21H22O4/c1-13(2)24-15-8-9-16-18(12-15)25-17-10-11-19(22)21(16,23)20(17)14-6-4-3-5-7-14/h3-9,12-13,17,20,23H,10-11H2,1-2H3/t17-,20+,21-/m1/s1. The molecule has 2 bridgehead atoms. The van der Waals surface area contributed by atoms with Gasteiger partial charge < -0.3 is 14.6 Å². The first kappa shape index (κ1) is 16.2. The number of hydrogen-bond donors (Lipinski definition) is 1. The minimum atomic E-state index is -1.55. The molecule has 0 radical (unpaired) electrons. The highest BCUT2D eigenvalue weighted by molar-refractivity contribution is 5.92. The number of Topliss-reactive ketones (excluding diaryl/α,β-unsaturated/α-hetero) is 1. The molecule has 0 spiro atoms. The number of aliphatic hydroxyl groups is 1. The van der Waals surface area contributed by atoms with Crippen LogP contribution in [0.4, 0.5) is 0 Å². The van der Waals surface area contributed by atoms with Gasteiger partial charge in [-0.3, -0.25) is 4.79 Å². The molecule has 25 heavy (non-hydrogen) atoms. The van der Waals surface area contributed by atoms with E-state index in [4.69, 9.17) is 9.47 Å². The lowest BCUT2D eigenvalue weighted by molar-refractivity contribution is -0.155. The molecule has 0 saturated heterocycles. The summed E-state index contributed by atoms with van der Waals surface area (Å²) < 4.78 is 11.9. The van der Waals surface area contributed by atoms with Crippen LogP contribution in [0.5, 0.6) is 11.5 Å². The number of carbonyl (C=O) groups is 1. The maximum atomic E-state index is 12.8. The maximum absolute atomic E-state index is 12.8. The number of hydrogen-bond acceptors (Lipinski definition) is 4. The van der Waals surface area contributed by atoms with Gasteiger partial charge in [-0.05, 0) is 38.0 Å². The van der Waals surface area contributed by atoms with E-state index in [0.717, 1.165) is 5.56 Å². The van der Waals surface area contributed by atoms with Gasteiger partial charge in [-0.25, -0.2) is 0 Å². The van der Waals surface area contributed by atoms with Crippen LogP contribution in [-0.2, 0) is 10.4 Å². The van der Waals surface area contributed by atoms with Crippen LogP contribution in [0.1, 0.15) is 43.7 Å². The second-order valence-corrected chi connectivity index (χ2v) is 7.10. The molecule has 2 aliphatic rings. The molecule has 1 heterocycles. The van der Waals surface area contributed by atoms with Gasteiger partial charge in [0.2, 0.25) is 0 Å². The molecule has 2 aromatic rings. The Morgan fingerprint density at radius 2 is 1.96 bits per heavy atom. The smallest absolute Gasteiger partial charge is 0.169 e. The summed E-state index contributed by atoms with van der Waals surface area (Å²) in [5.41, 5.74) is -0.0802. The zero-order chi connectivity index (χ0) is 17.6. The predicted molar refractivity (Wildman–Crippen MR) is 93.9 cm³/mol. The van der Waals surface area contributed by atoms with Gasteiger partial charge in [0, 0.05) is 18.1 Å². The monoisotopic (exact) mass is 338 g/mol. The summed E-state index contributed by atoms with van der Waals surface area (Å²) in [5.74, 6) is 0.700. The van der Waals surface area contributed by atoms with E-state index in [1.54, 1.807) is 18.2 Å². The topological polar surface area (TPSA) is 55.8 Å². The largest absolute Gasteiger partial charge is 0.491 e. The molecular weight excluding hydrogens is 316 g/mol. The first-order chi connectivity index (χ1) is 12.0. The van der Waals surface area contributed by atoms with Crippen molar-refractivity contribution in [3.63, 3.8) is 0 Å². The van der Waals surface area contributed by atoms with Crippen LogP contribution >= 0.6 is 0 Å². The summed E-state index contributed by atoms with van der Waals surface area (Å²) in [6.45, 7) is 3.91. The van der Waals surface area contributed by atoms with Crippen molar-refractivity contribution in [3.05, 3.63) is 59.7 Å². The third-order valence-electron chi connectivity index (χ3n) is 5.08. The second kappa shape index (κ2) is 5.88. The molecule has 4 nitrogen and oxygen atoms in total. The summed E-state index contributed by atoms with van der Waals surface area (Å²) >= 11 is 0. The summed E-state index contributed by atoms with van der Waals surface area (Å²) in [5, 5.41) is 11.5. The first-order valence-electron chi connectivity index (χ1n) is 8.78. The molecule has 1 N–H and O–H groups in total. The Morgan fingerprint density at radius 1 is 1.20 bits per heavy atom. The van der Waals surface area contributed by atoms with Crippen molar-refractivity contribution in [2.75, 3.05) is 0 Å². The number of ether oxygens (including phenoxy) is 2. The van der Waals surface area contributed by atoms with Gasteiger partial charge in [0.1, 0.15) is 17.6 Å². The van der Waals surface area contributed by atoms with Crippen molar-refractivity contribution in [1.29, 1.82) is 0 Å². The Bertz CT molecular complexity index is 799. The number of rotatable bonds is 3. The van der Waals surface area contributed by atoms with E-state index >= 15 is 0 Å². The zero-order valence-corrected chi connectivity index (χ0v) is 14.4. The van der Waals surface area contributed by atoms with Crippen molar-refractivity contribution in [2.45, 2.75) is 50.4 Å². The molecule has 0 amide bonds. The van der Waals surface area contributed by atoms with E-state index < -0.39 is 5.60 Å². The van der Waals surface area contributed by atoms with E-state index in [-0.39, 0.29) is 23.9 Å². The fraction of sp³-hybridized carbons (Fsp3) is 0.381. The van der Waals surface area contributed by atoms with E-state index in [1.165, 1.54) is 0 Å². The Balaban J connectivity index is 1.84. The molecule has 0 aromatic heterocycles. The van der Waals surface area contributed by atoms with E-state index in [2.05, 4.69) is 0 Å². The fourth-order valence-electron chi connectivity index (χ4n) is 4.06. The van der Waals surface area contributed by atoms with Crippen molar-refractivity contribution in [3.8, 4) is 11.5 Å². The van der Waals surface area contributed by atoms with Crippen LogP contribution in [0.3, 0.4) is 0 Å².